The highest BCUT2D eigenvalue weighted by molar-refractivity contribution is 7.14. The highest BCUT2D eigenvalue weighted by Crippen LogP contribution is 2.32. The standard InChI is InChI=1S/C14H19NO3S/c1-3-10-4-5-11(19-10)12(16)15-8-6-14(2,7-9-15)13(17)18/h4-5H,3,6-9H2,1-2H3,(H,17,18). The van der Waals surface area contributed by atoms with Crippen LogP contribution in [0.1, 0.15) is 41.2 Å². The van der Waals surface area contributed by atoms with E-state index in [0.29, 0.717) is 25.9 Å². The zero-order valence-corrected chi connectivity index (χ0v) is 12.1. The predicted molar refractivity (Wildman–Crippen MR) is 74.6 cm³/mol. The Morgan fingerprint density at radius 3 is 2.47 bits per heavy atom. The Kier molecular flexibility index (Phi) is 3.94. The molecule has 19 heavy (non-hydrogen) atoms. The van der Waals surface area contributed by atoms with Crippen molar-refractivity contribution in [3.63, 3.8) is 0 Å². The normalized spacial score (nSPS) is 18.3. The number of carboxylic acid groups (broad SMARTS) is 1. The Hall–Kier alpha value is -1.36. The van der Waals surface area contributed by atoms with Gasteiger partial charge in [0.1, 0.15) is 0 Å². The SMILES string of the molecule is CCc1ccc(C(=O)N2CCC(C)(C(=O)O)CC2)s1. The van der Waals surface area contributed by atoms with Crippen molar-refractivity contribution < 1.29 is 14.7 Å². The summed E-state index contributed by atoms with van der Waals surface area (Å²) >= 11 is 1.53. The monoisotopic (exact) mass is 281 g/mol. The Balaban J connectivity index is 2.01. The van der Waals surface area contributed by atoms with Crippen LogP contribution in [-0.2, 0) is 11.2 Å². The van der Waals surface area contributed by atoms with E-state index in [-0.39, 0.29) is 5.91 Å². The second-order valence-electron chi connectivity index (χ2n) is 5.28. The Morgan fingerprint density at radius 2 is 2.00 bits per heavy atom. The molecule has 0 unspecified atom stereocenters. The number of likely N-dealkylation sites (tertiary alicyclic amines) is 1. The first-order chi connectivity index (χ1) is 8.96. The fourth-order valence-electron chi connectivity index (χ4n) is 2.26. The Morgan fingerprint density at radius 1 is 1.37 bits per heavy atom. The van der Waals surface area contributed by atoms with Crippen molar-refractivity contribution in [1.29, 1.82) is 0 Å². The number of hydrogen-bond donors (Lipinski definition) is 1. The van der Waals surface area contributed by atoms with E-state index in [2.05, 4.69) is 6.92 Å². The maximum absolute atomic E-state index is 12.3. The van der Waals surface area contributed by atoms with Gasteiger partial charge < -0.3 is 10.0 Å². The van der Waals surface area contributed by atoms with E-state index in [9.17, 15) is 14.7 Å². The third-order valence-electron chi connectivity index (χ3n) is 3.89. The van der Waals surface area contributed by atoms with Crippen LogP contribution in [0.25, 0.3) is 0 Å². The number of piperidine rings is 1. The van der Waals surface area contributed by atoms with Gasteiger partial charge in [0.05, 0.1) is 10.3 Å². The lowest BCUT2D eigenvalue weighted by atomic mass is 9.80. The molecular formula is C14H19NO3S. The molecule has 1 saturated heterocycles. The van der Waals surface area contributed by atoms with Crippen molar-refractivity contribution >= 4 is 23.2 Å². The zero-order valence-electron chi connectivity index (χ0n) is 11.3. The van der Waals surface area contributed by atoms with Gasteiger partial charge >= 0.3 is 5.97 Å². The number of aliphatic carboxylic acids is 1. The van der Waals surface area contributed by atoms with Gasteiger partial charge in [-0.15, -0.1) is 11.3 Å². The van der Waals surface area contributed by atoms with Gasteiger partial charge in [-0.3, -0.25) is 9.59 Å². The summed E-state index contributed by atoms with van der Waals surface area (Å²) in [4.78, 5) is 27.2. The number of amides is 1. The summed E-state index contributed by atoms with van der Waals surface area (Å²) in [6, 6.07) is 3.86. The van der Waals surface area contributed by atoms with Crippen LogP contribution < -0.4 is 0 Å². The van der Waals surface area contributed by atoms with Crippen LogP contribution in [0.15, 0.2) is 12.1 Å². The molecule has 0 atom stereocenters. The molecule has 0 aromatic carbocycles. The van der Waals surface area contributed by atoms with Crippen LogP contribution in [-0.4, -0.2) is 35.0 Å². The van der Waals surface area contributed by atoms with E-state index >= 15 is 0 Å². The summed E-state index contributed by atoms with van der Waals surface area (Å²) < 4.78 is 0. The molecule has 4 nitrogen and oxygen atoms in total. The van der Waals surface area contributed by atoms with Crippen LogP contribution in [0.5, 0.6) is 0 Å². The molecule has 1 aliphatic rings. The summed E-state index contributed by atoms with van der Waals surface area (Å²) in [5.74, 6) is -0.721. The molecule has 1 fully saturated rings. The molecule has 5 heteroatoms. The quantitative estimate of drug-likeness (QED) is 0.926. The number of hydrogen-bond acceptors (Lipinski definition) is 3. The summed E-state index contributed by atoms with van der Waals surface area (Å²) in [7, 11) is 0. The van der Waals surface area contributed by atoms with Crippen molar-refractivity contribution in [1.82, 2.24) is 4.90 Å². The number of rotatable bonds is 3. The van der Waals surface area contributed by atoms with Gasteiger partial charge in [-0.25, -0.2) is 0 Å². The van der Waals surface area contributed by atoms with E-state index in [4.69, 9.17) is 0 Å². The van der Waals surface area contributed by atoms with E-state index in [1.807, 2.05) is 12.1 Å². The first-order valence-electron chi connectivity index (χ1n) is 6.57. The van der Waals surface area contributed by atoms with Crippen molar-refractivity contribution in [2.75, 3.05) is 13.1 Å². The summed E-state index contributed by atoms with van der Waals surface area (Å²) in [5, 5.41) is 9.17. The van der Waals surface area contributed by atoms with E-state index < -0.39 is 11.4 Å². The third-order valence-corrected chi connectivity index (χ3v) is 5.11. The Labute approximate surface area is 117 Å². The lowest BCUT2D eigenvalue weighted by Crippen LogP contribution is -2.45. The average molecular weight is 281 g/mol. The van der Waals surface area contributed by atoms with Crippen LogP contribution in [0.4, 0.5) is 0 Å². The van der Waals surface area contributed by atoms with Gasteiger partial charge in [0, 0.05) is 18.0 Å². The third kappa shape index (κ3) is 2.81. The summed E-state index contributed by atoms with van der Waals surface area (Å²) in [6.07, 6.45) is 2.00. The molecule has 0 radical (unpaired) electrons. The zero-order chi connectivity index (χ0) is 14.0. The average Bonchev–Trinajstić information content (AvgIpc) is 2.87. The van der Waals surface area contributed by atoms with Crippen molar-refractivity contribution in [3.05, 3.63) is 21.9 Å². The number of nitrogens with zero attached hydrogens (tertiary/aromatic N) is 1. The molecule has 0 bridgehead atoms. The molecule has 1 aliphatic heterocycles. The minimum atomic E-state index is -0.760. The van der Waals surface area contributed by atoms with Gasteiger partial charge in [-0.2, -0.15) is 0 Å². The molecule has 0 aliphatic carbocycles. The highest BCUT2D eigenvalue weighted by Gasteiger charge is 2.38. The summed E-state index contributed by atoms with van der Waals surface area (Å²) in [6.45, 7) is 4.89. The van der Waals surface area contributed by atoms with Crippen LogP contribution in [0.2, 0.25) is 0 Å². The largest absolute Gasteiger partial charge is 0.481 e. The fraction of sp³-hybridized carbons (Fsp3) is 0.571. The lowest BCUT2D eigenvalue weighted by molar-refractivity contribution is -0.150. The van der Waals surface area contributed by atoms with Crippen LogP contribution in [0.3, 0.4) is 0 Å². The number of carboxylic acids is 1. The van der Waals surface area contributed by atoms with Crippen LogP contribution >= 0.6 is 11.3 Å². The maximum atomic E-state index is 12.3. The molecule has 1 amide bonds. The minimum Gasteiger partial charge on any atom is -0.481 e. The first-order valence-corrected chi connectivity index (χ1v) is 7.39. The molecule has 1 N–H and O–H groups in total. The van der Waals surface area contributed by atoms with Gasteiger partial charge in [-0.05, 0) is 38.3 Å². The van der Waals surface area contributed by atoms with Gasteiger partial charge in [-0.1, -0.05) is 6.92 Å². The molecule has 1 aromatic rings. The van der Waals surface area contributed by atoms with E-state index in [1.165, 1.54) is 16.2 Å². The number of carbonyl (C=O) groups is 2. The predicted octanol–water partition coefficient (Wildman–Crippen LogP) is 2.64. The topological polar surface area (TPSA) is 57.6 Å². The smallest absolute Gasteiger partial charge is 0.309 e. The summed E-state index contributed by atoms with van der Waals surface area (Å²) in [5.41, 5.74) is -0.680. The molecule has 0 saturated carbocycles. The van der Waals surface area contributed by atoms with Crippen molar-refractivity contribution in [2.45, 2.75) is 33.1 Å². The molecule has 2 heterocycles. The lowest BCUT2D eigenvalue weighted by Gasteiger charge is -2.36. The number of aryl methyl sites for hydroxylation is 1. The number of thiophene rings is 1. The van der Waals surface area contributed by atoms with Gasteiger partial charge in [0.2, 0.25) is 0 Å². The second kappa shape index (κ2) is 5.33. The first kappa shape index (κ1) is 14.1. The van der Waals surface area contributed by atoms with Gasteiger partial charge in [0.15, 0.2) is 0 Å². The van der Waals surface area contributed by atoms with Crippen molar-refractivity contribution in [3.8, 4) is 0 Å². The highest BCUT2D eigenvalue weighted by atomic mass is 32.1. The van der Waals surface area contributed by atoms with Crippen LogP contribution in [0, 0.1) is 5.41 Å². The Bertz CT molecular complexity index is 487. The fourth-order valence-corrected chi connectivity index (χ4v) is 3.17. The van der Waals surface area contributed by atoms with Gasteiger partial charge in [0.25, 0.3) is 5.91 Å². The van der Waals surface area contributed by atoms with E-state index in [1.54, 1.807) is 11.8 Å². The molecule has 0 spiro atoms. The minimum absolute atomic E-state index is 0.0390. The molecule has 104 valence electrons. The second-order valence-corrected chi connectivity index (χ2v) is 6.45. The molecular weight excluding hydrogens is 262 g/mol. The molecule has 2 rings (SSSR count). The maximum Gasteiger partial charge on any atom is 0.309 e. The van der Waals surface area contributed by atoms with E-state index in [0.717, 1.165) is 11.3 Å². The molecule has 1 aromatic heterocycles. The van der Waals surface area contributed by atoms with Crippen molar-refractivity contribution in [2.24, 2.45) is 5.41 Å². The number of carbonyl (C=O) groups excluding carboxylic acids is 1.